The highest BCUT2D eigenvalue weighted by atomic mass is 16.5. The van der Waals surface area contributed by atoms with Crippen LogP contribution >= 0.6 is 0 Å². The molecule has 37 heavy (non-hydrogen) atoms. The number of hydrogen-bond acceptors (Lipinski definition) is 7. The maximum atomic E-state index is 13.4. The van der Waals surface area contributed by atoms with Gasteiger partial charge in [-0.05, 0) is 47.9 Å². The van der Waals surface area contributed by atoms with Crippen LogP contribution in [0.3, 0.4) is 0 Å². The summed E-state index contributed by atoms with van der Waals surface area (Å²) in [5.41, 5.74) is 1.62. The second-order valence-corrected chi connectivity index (χ2v) is 9.10. The summed E-state index contributed by atoms with van der Waals surface area (Å²) in [7, 11) is 3.00. The highest BCUT2D eigenvalue weighted by molar-refractivity contribution is 6.46. The van der Waals surface area contributed by atoms with Crippen molar-refractivity contribution in [3.05, 3.63) is 89.3 Å². The second kappa shape index (κ2) is 11.2. The molecule has 2 heterocycles. The summed E-state index contributed by atoms with van der Waals surface area (Å²) < 4.78 is 16.8. The number of Topliss-reactive ketones (excluding diaryl/α,β-unsaturated/α-hetero) is 1. The van der Waals surface area contributed by atoms with Gasteiger partial charge in [0.2, 0.25) is 0 Å². The Hall–Kier alpha value is -4.33. The fraction of sp³-hybridized carbons (Fsp3) is 0.276. The van der Waals surface area contributed by atoms with Crippen molar-refractivity contribution in [1.29, 1.82) is 0 Å². The van der Waals surface area contributed by atoms with Crippen LogP contribution in [0.15, 0.2) is 72.6 Å². The third-order valence-electron chi connectivity index (χ3n) is 6.05. The first-order valence-electron chi connectivity index (χ1n) is 12.0. The van der Waals surface area contributed by atoms with Crippen LogP contribution in [0.25, 0.3) is 5.76 Å². The molecular formula is C29H30N2O6. The molecule has 3 aromatic rings. The quantitative estimate of drug-likeness (QED) is 0.256. The Morgan fingerprint density at radius 2 is 1.78 bits per heavy atom. The van der Waals surface area contributed by atoms with E-state index in [1.54, 1.807) is 60.9 Å². The third kappa shape index (κ3) is 5.28. The Balaban J connectivity index is 1.84. The topological polar surface area (TPSA) is 98.2 Å². The van der Waals surface area contributed by atoms with Gasteiger partial charge in [-0.3, -0.25) is 14.6 Å². The average molecular weight is 503 g/mol. The van der Waals surface area contributed by atoms with E-state index in [0.29, 0.717) is 40.9 Å². The summed E-state index contributed by atoms with van der Waals surface area (Å²) in [6.45, 7) is 4.78. The highest BCUT2D eigenvalue weighted by Crippen LogP contribution is 2.46. The first-order chi connectivity index (χ1) is 17.8. The number of pyridine rings is 1. The van der Waals surface area contributed by atoms with Crippen LogP contribution < -0.4 is 14.2 Å². The lowest BCUT2D eigenvalue weighted by atomic mass is 9.94. The van der Waals surface area contributed by atoms with E-state index < -0.39 is 17.7 Å². The van der Waals surface area contributed by atoms with E-state index in [1.807, 2.05) is 6.07 Å². The van der Waals surface area contributed by atoms with Crippen molar-refractivity contribution >= 4 is 17.4 Å². The molecule has 2 aromatic carbocycles. The predicted molar refractivity (Wildman–Crippen MR) is 138 cm³/mol. The number of carbonyl (C=O) groups is 2. The third-order valence-corrected chi connectivity index (χ3v) is 6.05. The lowest BCUT2D eigenvalue weighted by Crippen LogP contribution is -2.29. The van der Waals surface area contributed by atoms with Gasteiger partial charge in [-0.15, -0.1) is 0 Å². The van der Waals surface area contributed by atoms with Crippen LogP contribution in [-0.4, -0.2) is 47.5 Å². The van der Waals surface area contributed by atoms with Gasteiger partial charge in [0, 0.05) is 30.1 Å². The van der Waals surface area contributed by atoms with Gasteiger partial charge in [-0.2, -0.15) is 0 Å². The van der Waals surface area contributed by atoms with Crippen LogP contribution in [0.1, 0.15) is 36.6 Å². The highest BCUT2D eigenvalue weighted by Gasteiger charge is 2.47. The van der Waals surface area contributed by atoms with Gasteiger partial charge < -0.3 is 24.2 Å². The molecule has 0 saturated carbocycles. The number of benzene rings is 2. The number of aromatic nitrogens is 1. The molecule has 1 aliphatic heterocycles. The molecular weight excluding hydrogens is 472 g/mol. The molecule has 1 fully saturated rings. The van der Waals surface area contributed by atoms with Crippen molar-refractivity contribution in [3.8, 4) is 17.2 Å². The molecule has 8 heteroatoms. The van der Waals surface area contributed by atoms with Crippen LogP contribution in [0.5, 0.6) is 17.2 Å². The molecule has 0 unspecified atom stereocenters. The zero-order valence-corrected chi connectivity index (χ0v) is 21.3. The van der Waals surface area contributed by atoms with E-state index in [4.69, 9.17) is 14.2 Å². The van der Waals surface area contributed by atoms with Crippen LogP contribution in [0.4, 0.5) is 0 Å². The number of methoxy groups -OCH3 is 2. The van der Waals surface area contributed by atoms with E-state index in [9.17, 15) is 14.7 Å². The lowest BCUT2D eigenvalue weighted by molar-refractivity contribution is -0.140. The van der Waals surface area contributed by atoms with Crippen LogP contribution in [0, 0.1) is 5.92 Å². The standard InChI is InChI=1S/C29H30N2O6/c1-18(2)17-37-21-12-10-20(11-13-21)26(32)24-25(22-8-5-9-23(35-3)28(22)36-4)31(29(34)27(24)33)16-19-7-6-14-30-15-19/h5-15,18,25,32H,16-17H2,1-4H3/t25-/m1/s1. The molecule has 1 aromatic heterocycles. The zero-order valence-electron chi connectivity index (χ0n) is 21.3. The van der Waals surface area contributed by atoms with Gasteiger partial charge in [-0.1, -0.05) is 32.0 Å². The van der Waals surface area contributed by atoms with Gasteiger partial charge in [0.15, 0.2) is 11.5 Å². The maximum Gasteiger partial charge on any atom is 0.295 e. The normalized spacial score (nSPS) is 16.8. The minimum absolute atomic E-state index is 0.0312. The Kier molecular flexibility index (Phi) is 7.77. The number of rotatable bonds is 9. The first kappa shape index (κ1) is 25.8. The SMILES string of the molecule is COc1cccc([C@@H]2C(=C(O)c3ccc(OCC(C)C)cc3)C(=O)C(=O)N2Cc2cccnc2)c1OC. The molecule has 0 bridgehead atoms. The Labute approximate surface area is 216 Å². The van der Waals surface area contributed by atoms with Crippen molar-refractivity contribution in [1.82, 2.24) is 9.88 Å². The molecule has 1 saturated heterocycles. The first-order valence-corrected chi connectivity index (χ1v) is 12.0. The molecule has 1 N–H and O–H groups in total. The lowest BCUT2D eigenvalue weighted by Gasteiger charge is -2.27. The molecule has 192 valence electrons. The van der Waals surface area contributed by atoms with E-state index in [2.05, 4.69) is 18.8 Å². The van der Waals surface area contributed by atoms with Crippen LogP contribution in [0.2, 0.25) is 0 Å². The minimum Gasteiger partial charge on any atom is -0.507 e. The summed E-state index contributed by atoms with van der Waals surface area (Å²) in [6.07, 6.45) is 3.27. The smallest absolute Gasteiger partial charge is 0.295 e. The number of hydrogen-bond donors (Lipinski definition) is 1. The van der Waals surface area contributed by atoms with E-state index >= 15 is 0 Å². The summed E-state index contributed by atoms with van der Waals surface area (Å²) in [4.78, 5) is 32.2. The Morgan fingerprint density at radius 1 is 1.03 bits per heavy atom. The van der Waals surface area contributed by atoms with E-state index in [-0.39, 0.29) is 17.9 Å². The number of ketones is 1. The van der Waals surface area contributed by atoms with Gasteiger partial charge >= 0.3 is 0 Å². The summed E-state index contributed by atoms with van der Waals surface area (Å²) in [5.74, 6) is 0.0379. The largest absolute Gasteiger partial charge is 0.507 e. The van der Waals surface area contributed by atoms with Crippen molar-refractivity contribution in [2.75, 3.05) is 20.8 Å². The van der Waals surface area contributed by atoms with Crippen molar-refractivity contribution in [2.24, 2.45) is 5.92 Å². The summed E-state index contributed by atoms with van der Waals surface area (Å²) in [5, 5.41) is 11.4. The number of para-hydroxylation sites is 1. The number of carbonyl (C=O) groups excluding carboxylic acids is 2. The van der Waals surface area contributed by atoms with Gasteiger partial charge in [0.05, 0.1) is 32.4 Å². The fourth-order valence-electron chi connectivity index (χ4n) is 4.31. The number of nitrogens with zero attached hydrogens (tertiary/aromatic N) is 2. The van der Waals surface area contributed by atoms with Gasteiger partial charge in [0.25, 0.3) is 11.7 Å². The maximum absolute atomic E-state index is 13.4. The molecule has 1 amide bonds. The zero-order chi connectivity index (χ0) is 26.5. The molecule has 1 atom stereocenters. The molecule has 1 aliphatic rings. The minimum atomic E-state index is -0.915. The van der Waals surface area contributed by atoms with Gasteiger partial charge in [-0.25, -0.2) is 0 Å². The van der Waals surface area contributed by atoms with E-state index in [0.717, 1.165) is 5.56 Å². The predicted octanol–water partition coefficient (Wildman–Crippen LogP) is 4.76. The monoisotopic (exact) mass is 502 g/mol. The number of likely N-dealkylation sites (tertiary alicyclic amines) is 1. The second-order valence-electron chi connectivity index (χ2n) is 9.10. The number of amides is 1. The molecule has 4 rings (SSSR count). The Morgan fingerprint density at radius 3 is 2.41 bits per heavy atom. The van der Waals surface area contributed by atoms with Crippen LogP contribution in [-0.2, 0) is 16.1 Å². The number of ether oxygens (including phenoxy) is 3. The molecule has 0 spiro atoms. The Bertz CT molecular complexity index is 1300. The molecule has 8 nitrogen and oxygen atoms in total. The van der Waals surface area contributed by atoms with Crippen molar-refractivity contribution in [3.63, 3.8) is 0 Å². The van der Waals surface area contributed by atoms with Crippen molar-refractivity contribution in [2.45, 2.75) is 26.4 Å². The molecule has 0 aliphatic carbocycles. The van der Waals surface area contributed by atoms with Gasteiger partial charge in [0.1, 0.15) is 11.5 Å². The fourth-order valence-corrected chi connectivity index (χ4v) is 4.31. The van der Waals surface area contributed by atoms with E-state index in [1.165, 1.54) is 19.1 Å². The van der Waals surface area contributed by atoms with Crippen molar-refractivity contribution < 1.29 is 28.9 Å². The molecule has 0 radical (unpaired) electrons. The summed E-state index contributed by atoms with van der Waals surface area (Å²) in [6, 6.07) is 14.7. The average Bonchev–Trinajstić information content (AvgIpc) is 3.16. The number of aliphatic hydroxyl groups excluding tert-OH is 1. The number of aliphatic hydroxyl groups is 1. The summed E-state index contributed by atoms with van der Waals surface area (Å²) >= 11 is 0.